The van der Waals surface area contributed by atoms with Crippen LogP contribution in [0.2, 0.25) is 0 Å². The van der Waals surface area contributed by atoms with Gasteiger partial charge in [-0.15, -0.1) is 0 Å². The molecule has 0 atom stereocenters. The Balaban J connectivity index is 0.000000200. The fourth-order valence-corrected chi connectivity index (χ4v) is 1.99. The van der Waals surface area contributed by atoms with Gasteiger partial charge in [-0.3, -0.25) is 4.79 Å². The molecule has 0 unspecified atom stereocenters. The molecule has 0 aliphatic rings. The number of aryl methyl sites for hydroxylation is 1. The first kappa shape index (κ1) is 16.2. The standard InChI is InChI=1S/C9H13N.C8H11NO/c1-7(2)9-4-5-10-6-8(9)3;1-6(2)7-3-4-9-8(10)5-7/h4-7H,1-3H3;3-6H,1-2H3,(H,9,10)/p+1. The number of pyridine rings is 2. The fourth-order valence-electron chi connectivity index (χ4n) is 1.99. The average molecular weight is 273 g/mol. The molecular weight excluding hydrogens is 248 g/mol. The molecule has 0 bridgehead atoms. The molecule has 3 nitrogen and oxygen atoms in total. The first-order valence-electron chi connectivity index (χ1n) is 7.07. The summed E-state index contributed by atoms with van der Waals surface area (Å²) in [5.74, 6) is 1.07. The van der Waals surface area contributed by atoms with Crippen molar-refractivity contribution in [2.24, 2.45) is 0 Å². The highest BCUT2D eigenvalue weighted by molar-refractivity contribution is 5.22. The van der Waals surface area contributed by atoms with Gasteiger partial charge in [-0.25, -0.2) is 4.98 Å². The number of hydrogen-bond donors (Lipinski definition) is 1. The summed E-state index contributed by atoms with van der Waals surface area (Å²) in [4.78, 5) is 16.4. The summed E-state index contributed by atoms with van der Waals surface area (Å²) in [6.07, 6.45) is 5.69. The summed E-state index contributed by atoms with van der Waals surface area (Å²) in [5.41, 5.74) is 3.84. The number of aromatic amines is 2. The summed E-state index contributed by atoms with van der Waals surface area (Å²) in [6.45, 7) is 10.7. The van der Waals surface area contributed by atoms with E-state index in [-0.39, 0.29) is 5.56 Å². The highest BCUT2D eigenvalue weighted by atomic mass is 16.1. The SMILES string of the molecule is CC(C)c1cc[nH]c(=O)c1.Cc1c[nH+]ccc1C(C)C. The predicted molar refractivity (Wildman–Crippen MR) is 83.0 cm³/mol. The zero-order valence-electron chi connectivity index (χ0n) is 13.0. The maximum absolute atomic E-state index is 10.7. The third kappa shape index (κ3) is 5.00. The van der Waals surface area contributed by atoms with Gasteiger partial charge in [0.25, 0.3) is 0 Å². The highest BCUT2D eigenvalue weighted by Gasteiger charge is 2.03. The van der Waals surface area contributed by atoms with Crippen LogP contribution in [0.15, 0.2) is 41.6 Å². The minimum atomic E-state index is -0.0220. The maximum Gasteiger partial charge on any atom is 0.248 e. The van der Waals surface area contributed by atoms with Crippen molar-refractivity contribution in [1.82, 2.24) is 4.98 Å². The van der Waals surface area contributed by atoms with Gasteiger partial charge in [0.2, 0.25) is 5.56 Å². The summed E-state index contributed by atoms with van der Waals surface area (Å²) >= 11 is 0. The van der Waals surface area contributed by atoms with E-state index in [4.69, 9.17) is 0 Å². The van der Waals surface area contributed by atoms with Crippen LogP contribution >= 0.6 is 0 Å². The summed E-state index contributed by atoms with van der Waals surface area (Å²) in [7, 11) is 0. The number of hydrogen-bond acceptors (Lipinski definition) is 1. The number of nitrogens with one attached hydrogen (secondary N) is 2. The van der Waals surface area contributed by atoms with Crippen LogP contribution in [-0.2, 0) is 0 Å². The lowest BCUT2D eigenvalue weighted by molar-refractivity contribution is -0.378. The van der Waals surface area contributed by atoms with Crippen molar-refractivity contribution in [3.8, 4) is 0 Å². The Morgan fingerprint density at radius 1 is 1.10 bits per heavy atom. The predicted octanol–water partition coefficient (Wildman–Crippen LogP) is 3.43. The van der Waals surface area contributed by atoms with Gasteiger partial charge in [-0.2, -0.15) is 0 Å². The fraction of sp³-hybridized carbons (Fsp3) is 0.412. The lowest BCUT2D eigenvalue weighted by atomic mass is 10.0. The molecule has 0 spiro atoms. The molecule has 3 heteroatoms. The molecule has 2 aromatic heterocycles. The first-order chi connectivity index (χ1) is 9.41. The molecule has 0 saturated carbocycles. The molecule has 2 aromatic rings. The third-order valence-corrected chi connectivity index (χ3v) is 3.20. The van der Waals surface area contributed by atoms with Crippen LogP contribution in [-0.4, -0.2) is 4.98 Å². The van der Waals surface area contributed by atoms with E-state index in [9.17, 15) is 4.79 Å². The molecule has 2 N–H and O–H groups in total. The Bertz CT molecular complexity index is 585. The van der Waals surface area contributed by atoms with E-state index in [1.807, 2.05) is 18.5 Å². The van der Waals surface area contributed by atoms with E-state index < -0.39 is 0 Å². The summed E-state index contributed by atoms with van der Waals surface area (Å²) in [6, 6.07) is 5.69. The molecule has 0 amide bonds. The van der Waals surface area contributed by atoms with Crippen molar-refractivity contribution in [2.45, 2.75) is 46.5 Å². The molecule has 0 aliphatic carbocycles. The van der Waals surface area contributed by atoms with Crippen LogP contribution in [0.3, 0.4) is 0 Å². The van der Waals surface area contributed by atoms with Gasteiger partial charge in [0, 0.05) is 23.9 Å². The van der Waals surface area contributed by atoms with Gasteiger partial charge in [0.05, 0.1) is 0 Å². The van der Waals surface area contributed by atoms with Gasteiger partial charge in [0.15, 0.2) is 12.4 Å². The maximum atomic E-state index is 10.7. The molecule has 108 valence electrons. The van der Waals surface area contributed by atoms with Gasteiger partial charge in [0.1, 0.15) is 0 Å². The lowest BCUT2D eigenvalue weighted by Crippen LogP contribution is -2.04. The van der Waals surface area contributed by atoms with Gasteiger partial charge < -0.3 is 4.98 Å². The van der Waals surface area contributed by atoms with Gasteiger partial charge >= 0.3 is 0 Å². The van der Waals surface area contributed by atoms with Crippen LogP contribution in [0.1, 0.15) is 56.2 Å². The third-order valence-electron chi connectivity index (χ3n) is 3.20. The van der Waals surface area contributed by atoms with Crippen LogP contribution in [0.5, 0.6) is 0 Å². The molecule has 0 aromatic carbocycles. The second-order valence-electron chi connectivity index (χ2n) is 5.58. The van der Waals surface area contributed by atoms with Crippen molar-refractivity contribution in [3.63, 3.8) is 0 Å². The topological polar surface area (TPSA) is 47.0 Å². The van der Waals surface area contributed by atoms with Gasteiger partial charge in [-0.1, -0.05) is 27.7 Å². The van der Waals surface area contributed by atoms with E-state index in [0.717, 1.165) is 5.56 Å². The molecule has 0 fully saturated rings. The monoisotopic (exact) mass is 273 g/mol. The van der Waals surface area contributed by atoms with E-state index in [1.54, 1.807) is 12.3 Å². The average Bonchev–Trinajstić information content (AvgIpc) is 2.39. The number of aromatic nitrogens is 2. The zero-order chi connectivity index (χ0) is 15.1. The number of H-pyrrole nitrogens is 2. The quantitative estimate of drug-likeness (QED) is 0.895. The largest absolute Gasteiger partial charge is 0.329 e. The molecule has 0 aliphatic heterocycles. The molecule has 2 rings (SSSR count). The lowest BCUT2D eigenvalue weighted by Gasteiger charge is -2.04. The van der Waals surface area contributed by atoms with Crippen molar-refractivity contribution in [2.75, 3.05) is 0 Å². The first-order valence-corrected chi connectivity index (χ1v) is 7.07. The Kier molecular flexibility index (Phi) is 6.16. The zero-order valence-corrected chi connectivity index (χ0v) is 13.0. The van der Waals surface area contributed by atoms with E-state index in [2.05, 4.69) is 50.7 Å². The molecule has 2 heterocycles. The summed E-state index contributed by atoms with van der Waals surface area (Å²) < 4.78 is 0. The van der Waals surface area contributed by atoms with Crippen molar-refractivity contribution >= 4 is 0 Å². The second kappa shape index (κ2) is 7.63. The smallest absolute Gasteiger partial charge is 0.248 e. The Labute approximate surface area is 121 Å². The minimum absolute atomic E-state index is 0.0220. The molecule has 0 saturated heterocycles. The molecule has 0 radical (unpaired) electrons. The Morgan fingerprint density at radius 3 is 2.20 bits per heavy atom. The second-order valence-corrected chi connectivity index (χ2v) is 5.58. The van der Waals surface area contributed by atoms with Crippen LogP contribution in [0.25, 0.3) is 0 Å². The van der Waals surface area contributed by atoms with Crippen LogP contribution < -0.4 is 10.5 Å². The van der Waals surface area contributed by atoms with Crippen molar-refractivity contribution in [1.29, 1.82) is 0 Å². The highest BCUT2D eigenvalue weighted by Crippen LogP contribution is 2.15. The molecular formula is C17H25N2O+. The van der Waals surface area contributed by atoms with Crippen LogP contribution in [0, 0.1) is 6.92 Å². The Hall–Kier alpha value is -1.90. The summed E-state index contributed by atoms with van der Waals surface area (Å²) in [5, 5.41) is 0. The van der Waals surface area contributed by atoms with E-state index in [1.165, 1.54) is 11.1 Å². The van der Waals surface area contributed by atoms with E-state index >= 15 is 0 Å². The number of rotatable bonds is 2. The minimum Gasteiger partial charge on any atom is -0.329 e. The van der Waals surface area contributed by atoms with E-state index in [0.29, 0.717) is 11.8 Å². The molecule has 20 heavy (non-hydrogen) atoms. The van der Waals surface area contributed by atoms with Crippen molar-refractivity contribution < 1.29 is 4.98 Å². The van der Waals surface area contributed by atoms with Gasteiger partial charge in [-0.05, 0) is 36.0 Å². The van der Waals surface area contributed by atoms with Crippen LogP contribution in [0.4, 0.5) is 0 Å². The normalized spacial score (nSPS) is 10.3. The Morgan fingerprint density at radius 2 is 1.80 bits per heavy atom. The van der Waals surface area contributed by atoms with Crippen molar-refractivity contribution in [3.05, 3.63) is 63.8 Å².